The fourth-order valence-corrected chi connectivity index (χ4v) is 4.67. The average molecular weight is 332 g/mol. The van der Waals surface area contributed by atoms with Crippen LogP contribution in [0.2, 0.25) is 0 Å². The van der Waals surface area contributed by atoms with E-state index in [9.17, 15) is 0 Å². The minimum absolute atomic E-state index is 0.613. The monoisotopic (exact) mass is 332 g/mol. The molecule has 2 bridgehead atoms. The van der Waals surface area contributed by atoms with Crippen LogP contribution in [0, 0.1) is 0 Å². The van der Waals surface area contributed by atoms with E-state index in [1.807, 2.05) is 12.1 Å². The summed E-state index contributed by atoms with van der Waals surface area (Å²) in [5.41, 5.74) is 4.66. The van der Waals surface area contributed by atoms with E-state index in [0.717, 1.165) is 23.1 Å². The molecule has 0 radical (unpaired) electrons. The summed E-state index contributed by atoms with van der Waals surface area (Å²) in [6.07, 6.45) is 7.03. The highest BCUT2D eigenvalue weighted by molar-refractivity contribution is 5.83. The molecule has 0 spiro atoms. The van der Waals surface area contributed by atoms with Gasteiger partial charge in [-0.2, -0.15) is 0 Å². The topological polar surface area (TPSA) is 28.4 Å². The summed E-state index contributed by atoms with van der Waals surface area (Å²) < 4.78 is 5.43. The zero-order valence-corrected chi connectivity index (χ0v) is 14.6. The third kappa shape index (κ3) is 2.73. The fourth-order valence-electron chi connectivity index (χ4n) is 4.67. The Morgan fingerprint density at radius 2 is 1.64 bits per heavy atom. The van der Waals surface area contributed by atoms with Crippen molar-refractivity contribution in [2.75, 3.05) is 12.4 Å². The number of nitrogens with zero attached hydrogens (tertiary/aromatic N) is 1. The number of nitrogens with one attached hydrogen (secondary N) is 1. The van der Waals surface area contributed by atoms with Crippen molar-refractivity contribution in [2.24, 2.45) is 0 Å². The van der Waals surface area contributed by atoms with Gasteiger partial charge in [0.2, 0.25) is 0 Å². The number of hydrogen-bond donors (Lipinski definition) is 1. The van der Waals surface area contributed by atoms with Gasteiger partial charge in [0.1, 0.15) is 5.58 Å². The third-order valence-corrected chi connectivity index (χ3v) is 6.14. The molecular weight excluding hydrogens is 308 g/mol. The average Bonchev–Trinajstić information content (AvgIpc) is 3.16. The maximum atomic E-state index is 5.43. The zero-order valence-electron chi connectivity index (χ0n) is 14.6. The Morgan fingerprint density at radius 1 is 0.920 bits per heavy atom. The van der Waals surface area contributed by atoms with Crippen LogP contribution in [-0.4, -0.2) is 30.1 Å². The summed E-state index contributed by atoms with van der Waals surface area (Å²) in [6, 6.07) is 19.4. The quantitative estimate of drug-likeness (QED) is 0.720. The maximum absolute atomic E-state index is 5.43. The number of furan rings is 1. The normalized spacial score (nSPS) is 26.2. The van der Waals surface area contributed by atoms with Crippen LogP contribution in [-0.2, 0) is 0 Å². The second-order valence-electron chi connectivity index (χ2n) is 7.61. The fraction of sp³-hybridized carbons (Fsp3) is 0.364. The lowest BCUT2D eigenvalue weighted by Crippen LogP contribution is -2.44. The molecular formula is C22H24N2O. The highest BCUT2D eigenvalue weighted by Crippen LogP contribution is 2.35. The highest BCUT2D eigenvalue weighted by Gasteiger charge is 2.38. The summed E-state index contributed by atoms with van der Waals surface area (Å²) in [4.78, 5) is 2.59. The predicted molar refractivity (Wildman–Crippen MR) is 103 cm³/mol. The zero-order chi connectivity index (χ0) is 16.8. The summed E-state index contributed by atoms with van der Waals surface area (Å²) in [5, 5.41) is 4.92. The van der Waals surface area contributed by atoms with Crippen LogP contribution in [0.5, 0.6) is 0 Å². The molecule has 3 aromatic rings. The molecule has 1 aromatic heterocycles. The Bertz CT molecular complexity index is 868. The van der Waals surface area contributed by atoms with Gasteiger partial charge in [-0.25, -0.2) is 0 Å². The molecule has 3 heteroatoms. The van der Waals surface area contributed by atoms with Gasteiger partial charge in [0.05, 0.1) is 6.26 Å². The molecule has 2 aromatic carbocycles. The molecule has 2 aliphatic heterocycles. The lowest BCUT2D eigenvalue weighted by atomic mass is 9.97. The van der Waals surface area contributed by atoms with Crippen molar-refractivity contribution in [3.63, 3.8) is 0 Å². The number of anilines is 1. The number of rotatable bonds is 3. The van der Waals surface area contributed by atoms with Crippen LogP contribution in [0.3, 0.4) is 0 Å². The standard InChI is InChI=1S/C22H24N2O/c1-24-20-7-8-21(24)14-19(13-20)23-18-5-2-15(3-6-18)16-4-9-22-17(12-16)10-11-25-22/h2-6,9-12,19-21,23H,7-8,13-14H2,1H3/t19?,20-,21+. The van der Waals surface area contributed by atoms with E-state index in [0.29, 0.717) is 6.04 Å². The van der Waals surface area contributed by atoms with E-state index in [1.165, 1.54) is 42.5 Å². The molecule has 2 saturated heterocycles. The van der Waals surface area contributed by atoms with Crippen molar-refractivity contribution < 1.29 is 4.42 Å². The Kier molecular flexibility index (Phi) is 3.56. The Balaban J connectivity index is 1.31. The first-order valence-electron chi connectivity index (χ1n) is 9.32. The molecule has 5 rings (SSSR count). The lowest BCUT2D eigenvalue weighted by molar-refractivity contribution is 0.169. The first-order chi connectivity index (χ1) is 12.3. The molecule has 0 amide bonds. The Hall–Kier alpha value is -2.26. The minimum Gasteiger partial charge on any atom is -0.464 e. The summed E-state index contributed by atoms with van der Waals surface area (Å²) in [5.74, 6) is 0. The SMILES string of the molecule is CN1[C@@H]2CC[C@H]1CC(Nc1ccc(-c3ccc4occc4c3)cc1)C2. The van der Waals surface area contributed by atoms with E-state index in [1.54, 1.807) is 6.26 Å². The molecule has 0 saturated carbocycles. The molecule has 3 nitrogen and oxygen atoms in total. The Labute approximate surface area is 148 Å². The van der Waals surface area contributed by atoms with E-state index in [4.69, 9.17) is 4.42 Å². The second kappa shape index (κ2) is 5.92. The third-order valence-electron chi connectivity index (χ3n) is 6.14. The molecule has 25 heavy (non-hydrogen) atoms. The summed E-state index contributed by atoms with van der Waals surface area (Å²) in [7, 11) is 2.30. The van der Waals surface area contributed by atoms with Crippen LogP contribution in [0.1, 0.15) is 25.7 Å². The van der Waals surface area contributed by atoms with Crippen LogP contribution in [0.25, 0.3) is 22.1 Å². The van der Waals surface area contributed by atoms with Crippen molar-refractivity contribution in [1.29, 1.82) is 0 Å². The number of hydrogen-bond acceptors (Lipinski definition) is 3. The van der Waals surface area contributed by atoms with Crippen LogP contribution in [0.15, 0.2) is 59.2 Å². The van der Waals surface area contributed by atoms with Crippen LogP contribution < -0.4 is 5.32 Å². The van der Waals surface area contributed by atoms with Gasteiger partial charge < -0.3 is 14.6 Å². The van der Waals surface area contributed by atoms with E-state index >= 15 is 0 Å². The summed E-state index contributed by atoms with van der Waals surface area (Å²) >= 11 is 0. The van der Waals surface area contributed by atoms with E-state index in [2.05, 4.69) is 53.7 Å². The van der Waals surface area contributed by atoms with Gasteiger partial charge in [-0.05, 0) is 74.2 Å². The highest BCUT2D eigenvalue weighted by atomic mass is 16.3. The molecule has 3 atom stereocenters. The van der Waals surface area contributed by atoms with Crippen molar-refractivity contribution in [3.8, 4) is 11.1 Å². The molecule has 128 valence electrons. The van der Waals surface area contributed by atoms with Gasteiger partial charge in [-0.15, -0.1) is 0 Å². The predicted octanol–water partition coefficient (Wildman–Crippen LogP) is 5.14. The first-order valence-corrected chi connectivity index (χ1v) is 9.32. The van der Waals surface area contributed by atoms with E-state index < -0.39 is 0 Å². The number of piperidine rings is 1. The lowest BCUT2D eigenvalue weighted by Gasteiger charge is -2.37. The number of benzene rings is 2. The van der Waals surface area contributed by atoms with Gasteiger partial charge in [-0.1, -0.05) is 18.2 Å². The smallest absolute Gasteiger partial charge is 0.133 e. The van der Waals surface area contributed by atoms with Gasteiger partial charge in [0, 0.05) is 29.2 Å². The van der Waals surface area contributed by atoms with Crippen LogP contribution >= 0.6 is 0 Å². The van der Waals surface area contributed by atoms with Gasteiger partial charge >= 0.3 is 0 Å². The molecule has 3 heterocycles. The second-order valence-corrected chi connectivity index (χ2v) is 7.61. The summed E-state index contributed by atoms with van der Waals surface area (Å²) in [6.45, 7) is 0. The van der Waals surface area contributed by atoms with E-state index in [-0.39, 0.29) is 0 Å². The van der Waals surface area contributed by atoms with Crippen molar-refractivity contribution in [2.45, 2.75) is 43.8 Å². The molecule has 0 aliphatic carbocycles. The van der Waals surface area contributed by atoms with Gasteiger partial charge in [0.15, 0.2) is 0 Å². The van der Waals surface area contributed by atoms with Gasteiger partial charge in [0.25, 0.3) is 0 Å². The largest absolute Gasteiger partial charge is 0.464 e. The minimum atomic E-state index is 0.613. The van der Waals surface area contributed by atoms with Crippen molar-refractivity contribution in [1.82, 2.24) is 4.90 Å². The van der Waals surface area contributed by atoms with Crippen molar-refractivity contribution >= 4 is 16.7 Å². The van der Waals surface area contributed by atoms with Crippen molar-refractivity contribution in [3.05, 3.63) is 54.8 Å². The molecule has 1 unspecified atom stereocenters. The molecule has 2 fully saturated rings. The van der Waals surface area contributed by atoms with Crippen LogP contribution in [0.4, 0.5) is 5.69 Å². The molecule has 1 N–H and O–H groups in total. The first kappa shape index (κ1) is 15.0. The number of fused-ring (bicyclic) bond motifs is 3. The Morgan fingerprint density at radius 3 is 2.40 bits per heavy atom. The molecule has 2 aliphatic rings. The maximum Gasteiger partial charge on any atom is 0.133 e. The van der Waals surface area contributed by atoms with Gasteiger partial charge in [-0.3, -0.25) is 0 Å².